The van der Waals surface area contributed by atoms with Gasteiger partial charge in [0.2, 0.25) is 0 Å². The molecule has 0 saturated carbocycles. The summed E-state index contributed by atoms with van der Waals surface area (Å²) in [6.45, 7) is -2.56. The van der Waals surface area contributed by atoms with Crippen molar-refractivity contribution >= 4 is 5.97 Å². The van der Waals surface area contributed by atoms with Crippen molar-refractivity contribution in [3.63, 3.8) is 0 Å². The number of carbonyl (C=O) groups is 1. The number of hydrogen-bond donors (Lipinski definition) is 3. The van der Waals surface area contributed by atoms with Crippen molar-refractivity contribution in [2.24, 2.45) is 5.73 Å². The van der Waals surface area contributed by atoms with E-state index in [1.807, 2.05) is 0 Å². The molecule has 2 atom stereocenters. The lowest BCUT2D eigenvalue weighted by Gasteiger charge is -2.16. The molecule has 0 saturated heterocycles. The Hall–Kier alpha value is -1.75. The molecular formula is C14H21NO4. The van der Waals surface area contributed by atoms with E-state index in [0.717, 1.165) is 25.1 Å². The molecule has 1 rings (SSSR count). The van der Waals surface area contributed by atoms with Crippen LogP contribution in [0.5, 0.6) is 11.5 Å². The van der Waals surface area contributed by atoms with Gasteiger partial charge in [-0.15, -0.1) is 0 Å². The number of rotatable bonds is 6. The molecule has 1 aromatic rings. The highest BCUT2D eigenvalue weighted by atomic mass is 16.5. The van der Waals surface area contributed by atoms with E-state index in [4.69, 9.17) is 19.4 Å². The van der Waals surface area contributed by atoms with Crippen LogP contribution >= 0.6 is 0 Å². The molecular weight excluding hydrogens is 246 g/mol. The van der Waals surface area contributed by atoms with Crippen LogP contribution < -0.4 is 5.73 Å². The maximum atomic E-state index is 12.4. The predicted octanol–water partition coefficient (Wildman–Crippen LogP) is 1.70. The van der Waals surface area contributed by atoms with Crippen LogP contribution in [0.4, 0.5) is 0 Å². The summed E-state index contributed by atoms with van der Waals surface area (Å²) in [5, 5.41) is 18.8. The zero-order chi connectivity index (χ0) is 23.2. The minimum absolute atomic E-state index is 0.476. The number of phenols is 2. The highest BCUT2D eigenvalue weighted by Gasteiger charge is 2.18. The minimum atomic E-state index is -3.44. The molecule has 0 spiro atoms. The molecule has 0 fully saturated rings. The Bertz CT molecular complexity index is 778. The first kappa shape index (κ1) is 6.13. The van der Waals surface area contributed by atoms with E-state index in [-0.39, 0.29) is 0 Å². The van der Waals surface area contributed by atoms with Crippen LogP contribution in [-0.4, -0.2) is 28.3 Å². The lowest BCUT2D eigenvalue weighted by atomic mass is 10.1. The fourth-order valence-corrected chi connectivity index (χ4v) is 1.16. The number of esters is 1. The van der Waals surface area contributed by atoms with Crippen molar-refractivity contribution in [1.82, 2.24) is 0 Å². The number of nitrogens with two attached hydrogens (primary N) is 1. The fraction of sp³-hybridized carbons (Fsp3) is 0.500. The molecule has 0 amide bonds. The van der Waals surface area contributed by atoms with Crippen LogP contribution in [0.1, 0.15) is 45.8 Å². The fourth-order valence-electron chi connectivity index (χ4n) is 1.16. The Morgan fingerprint density at radius 2 is 2.32 bits per heavy atom. The van der Waals surface area contributed by atoms with Crippen molar-refractivity contribution in [3.05, 3.63) is 23.8 Å². The van der Waals surface area contributed by atoms with Gasteiger partial charge in [-0.05, 0) is 37.4 Å². The normalized spacial score (nSPS) is 26.2. The summed E-state index contributed by atoms with van der Waals surface area (Å²) in [6.07, 6.45) is -11.7. The van der Waals surface area contributed by atoms with E-state index in [1.165, 1.54) is 0 Å². The van der Waals surface area contributed by atoms with E-state index >= 15 is 0 Å². The van der Waals surface area contributed by atoms with Gasteiger partial charge in [-0.1, -0.05) is 19.3 Å². The second-order valence-electron chi connectivity index (χ2n) is 3.56. The first-order valence-corrected chi connectivity index (χ1v) is 5.23. The van der Waals surface area contributed by atoms with Crippen LogP contribution in [-0.2, 0) is 15.9 Å². The van der Waals surface area contributed by atoms with Crippen LogP contribution in [0.3, 0.4) is 0 Å². The topological polar surface area (TPSA) is 92.8 Å². The zero-order valence-electron chi connectivity index (χ0n) is 20.1. The first-order chi connectivity index (χ1) is 12.7. The largest absolute Gasteiger partial charge is 0.504 e. The minimum Gasteiger partial charge on any atom is -0.504 e. The Kier molecular flexibility index (Phi) is 2.26. The average Bonchev–Trinajstić information content (AvgIpc) is 2.55. The van der Waals surface area contributed by atoms with Crippen molar-refractivity contribution in [2.45, 2.75) is 45.0 Å². The van der Waals surface area contributed by atoms with Crippen molar-refractivity contribution in [2.75, 3.05) is 0 Å². The van der Waals surface area contributed by atoms with Gasteiger partial charge in [-0.3, -0.25) is 4.79 Å². The number of aromatic hydroxyl groups is 2. The zero-order valence-corrected chi connectivity index (χ0v) is 10.1. The molecule has 1 aromatic carbocycles. The second kappa shape index (κ2) is 6.99. The summed E-state index contributed by atoms with van der Waals surface area (Å²) in [4.78, 5) is 12.4. The number of ether oxygens (including phenoxy) is 1. The number of carbonyl (C=O) groups excluding carboxylic acids is 1. The summed E-state index contributed by atoms with van der Waals surface area (Å²) in [5.74, 6) is -3.13. The SMILES string of the molecule is [2H]C([2H])([2H])C([2H])([2H])C([2H])([2H])C(C)OC(=O)C([2H])(N)C([2H])([2H])c1ccc(O)c(O)c1. The molecule has 0 aromatic heterocycles. The van der Waals surface area contributed by atoms with Gasteiger partial charge in [0.25, 0.3) is 0 Å². The second-order valence-corrected chi connectivity index (χ2v) is 3.56. The smallest absolute Gasteiger partial charge is 0.323 e. The van der Waals surface area contributed by atoms with Crippen LogP contribution in [0.15, 0.2) is 18.2 Å². The molecule has 5 heteroatoms. The molecule has 4 N–H and O–H groups in total. The molecule has 0 aliphatic rings. The molecule has 0 radical (unpaired) electrons. The summed E-state index contributed by atoms with van der Waals surface area (Å²) >= 11 is 0. The van der Waals surface area contributed by atoms with E-state index in [2.05, 4.69) is 4.74 Å². The molecule has 0 heterocycles. The lowest BCUT2D eigenvalue weighted by molar-refractivity contribution is -0.150. The third-order valence-electron chi connectivity index (χ3n) is 2.03. The first-order valence-electron chi connectivity index (χ1n) is 10.2. The molecule has 0 aliphatic carbocycles. The molecule has 19 heavy (non-hydrogen) atoms. The van der Waals surface area contributed by atoms with Gasteiger partial charge in [0.05, 0.1) is 7.47 Å². The standard InChI is InChI=1S/C14H21NO4/c1-3-4-9(2)19-14(18)11(15)7-10-5-6-12(16)13(17)8-10/h5-6,8-9,11,16-17H,3-4,7,15H2,1-2H3/i1D3,3D2,4D2,7D2,11D. The lowest BCUT2D eigenvalue weighted by Crippen LogP contribution is -2.36. The number of hydrogen-bond acceptors (Lipinski definition) is 5. The van der Waals surface area contributed by atoms with Gasteiger partial charge >= 0.3 is 5.97 Å². The Balaban J connectivity index is 3.20. The van der Waals surface area contributed by atoms with Gasteiger partial charge in [0.15, 0.2) is 11.5 Å². The van der Waals surface area contributed by atoms with E-state index in [9.17, 15) is 15.0 Å². The van der Waals surface area contributed by atoms with Crippen molar-refractivity contribution in [3.8, 4) is 11.5 Å². The van der Waals surface area contributed by atoms with Gasteiger partial charge < -0.3 is 20.7 Å². The number of benzene rings is 1. The maximum absolute atomic E-state index is 12.4. The highest BCUT2D eigenvalue weighted by molar-refractivity contribution is 5.76. The van der Waals surface area contributed by atoms with Gasteiger partial charge in [-0.2, -0.15) is 0 Å². The predicted molar refractivity (Wildman–Crippen MR) is 71.9 cm³/mol. The van der Waals surface area contributed by atoms with Crippen LogP contribution in [0, 0.1) is 0 Å². The monoisotopic (exact) mass is 277 g/mol. The van der Waals surface area contributed by atoms with Crippen LogP contribution in [0.2, 0.25) is 0 Å². The summed E-state index contributed by atoms with van der Waals surface area (Å²) in [6, 6.07) is -0.618. The molecule has 2 unspecified atom stereocenters. The summed E-state index contributed by atoms with van der Waals surface area (Å²) in [5.41, 5.74) is 5.01. The van der Waals surface area contributed by atoms with Crippen molar-refractivity contribution in [1.29, 1.82) is 0 Å². The average molecular weight is 277 g/mol. The van der Waals surface area contributed by atoms with E-state index < -0.39 is 61.1 Å². The quantitative estimate of drug-likeness (QED) is 0.543. The van der Waals surface area contributed by atoms with Gasteiger partial charge in [0.1, 0.15) is 6.02 Å². The maximum Gasteiger partial charge on any atom is 0.323 e. The van der Waals surface area contributed by atoms with Gasteiger partial charge in [-0.25, -0.2) is 0 Å². The van der Waals surface area contributed by atoms with Gasteiger partial charge in [0, 0.05) is 12.3 Å². The molecule has 0 aliphatic heterocycles. The van der Waals surface area contributed by atoms with Crippen LogP contribution in [0.25, 0.3) is 0 Å². The highest BCUT2D eigenvalue weighted by Crippen LogP contribution is 2.25. The Labute approximate surface area is 127 Å². The molecule has 5 nitrogen and oxygen atoms in total. The third-order valence-corrected chi connectivity index (χ3v) is 2.03. The summed E-state index contributed by atoms with van der Waals surface area (Å²) in [7, 11) is 0. The molecule has 106 valence electrons. The summed E-state index contributed by atoms with van der Waals surface area (Å²) < 4.78 is 80.6. The Morgan fingerprint density at radius 1 is 1.58 bits per heavy atom. The van der Waals surface area contributed by atoms with Crippen molar-refractivity contribution < 1.29 is 33.5 Å². The van der Waals surface area contributed by atoms with E-state index in [0.29, 0.717) is 0 Å². The molecule has 0 bridgehead atoms. The Morgan fingerprint density at radius 3 is 2.95 bits per heavy atom. The van der Waals surface area contributed by atoms with E-state index in [1.54, 1.807) is 0 Å². The third kappa shape index (κ3) is 4.79. The number of phenolic OH excluding ortho intramolecular Hbond substituents is 2.